The van der Waals surface area contributed by atoms with Gasteiger partial charge in [0.05, 0.1) is 29.0 Å². The number of nitrogens with zero attached hydrogens (tertiary/aromatic N) is 5. The minimum Gasteiger partial charge on any atom is -0.475 e. The zero-order chi connectivity index (χ0) is 41.1. The Bertz CT molecular complexity index is 1930. The maximum Gasteiger partial charge on any atom is 0.490 e. The van der Waals surface area contributed by atoms with E-state index in [1.165, 1.54) is 0 Å². The molecule has 1 saturated heterocycles. The van der Waals surface area contributed by atoms with E-state index in [0.29, 0.717) is 0 Å². The largest absolute Gasteiger partial charge is 0.490 e. The number of anilines is 2. The minimum absolute atomic E-state index is 0.241. The number of carbonyl (C=O) groups is 3. The third-order valence-corrected chi connectivity index (χ3v) is 8.35. The molecule has 2 aromatic carbocycles. The van der Waals surface area contributed by atoms with Gasteiger partial charge in [-0.2, -0.15) is 44.6 Å². The number of benzene rings is 2. The van der Waals surface area contributed by atoms with Gasteiger partial charge in [0.2, 0.25) is 0 Å². The summed E-state index contributed by atoms with van der Waals surface area (Å²) in [5.74, 6) is -7.65. The van der Waals surface area contributed by atoms with Gasteiger partial charge in [-0.05, 0) is 35.9 Å². The molecule has 4 aromatic rings. The molecular weight excluding hydrogens is 779 g/mol. The molecule has 1 fully saturated rings. The maximum absolute atomic E-state index is 12.3. The van der Waals surface area contributed by atoms with Crippen LogP contribution in [-0.2, 0) is 24.2 Å². The van der Waals surface area contributed by atoms with Crippen molar-refractivity contribution in [3.05, 3.63) is 61.2 Å². The summed E-state index contributed by atoms with van der Waals surface area (Å²) in [5.41, 5.74) is 3.80. The number of aromatic nitrogens is 4. The molecule has 0 unspecified atom stereocenters. The van der Waals surface area contributed by atoms with E-state index in [9.17, 15) is 47.9 Å². The number of H-pyrrole nitrogens is 1. The average Bonchev–Trinajstić information content (AvgIpc) is 3.63. The standard InChI is InChI=1S/C23H24N6O3S.3C2HF3O2/c30-10-11-33(31,32)20-3-1-2-19(13-20)28-6-8-29(9-7-28)23-21-12-17(18-14-26-27-15-18)4-5-22(21)24-16-25-23;3*3-2(4,5)1(6)7/h1-5,12-16,30H,6-11H2,(H,26,27);3*(H,6,7). The van der Waals surface area contributed by atoms with Gasteiger partial charge in [-0.1, -0.05) is 12.1 Å². The first kappa shape index (κ1) is 44.4. The summed E-state index contributed by atoms with van der Waals surface area (Å²) in [6.07, 6.45) is -10.0. The Morgan fingerprint density at radius 3 is 1.72 bits per heavy atom. The highest BCUT2D eigenvalue weighted by atomic mass is 32.2. The zero-order valence-corrected chi connectivity index (χ0v) is 27.7. The summed E-state index contributed by atoms with van der Waals surface area (Å²) in [5, 5.41) is 38.3. The highest BCUT2D eigenvalue weighted by Gasteiger charge is 2.39. The van der Waals surface area contributed by atoms with Crippen molar-refractivity contribution in [2.75, 3.05) is 48.3 Å². The number of carboxylic acid groups (broad SMARTS) is 3. The molecule has 3 heterocycles. The lowest BCUT2D eigenvalue weighted by molar-refractivity contribution is -0.193. The predicted octanol–water partition coefficient (Wildman–Crippen LogP) is 4.01. The SMILES string of the molecule is O=C(O)C(F)(F)F.O=C(O)C(F)(F)F.O=C(O)C(F)(F)F.O=S(=O)(CCO)c1cccc(N2CCN(c3ncnc4ccc(-c5cn[nH]c5)cc34)CC2)c1. The molecule has 0 aliphatic carbocycles. The number of aliphatic hydroxyl groups excluding tert-OH is 1. The Hall–Kier alpha value is -5.72. The number of rotatable bonds is 6. The van der Waals surface area contributed by atoms with E-state index in [2.05, 4.69) is 36.0 Å². The van der Waals surface area contributed by atoms with Gasteiger partial charge >= 0.3 is 36.4 Å². The Labute approximate surface area is 297 Å². The Morgan fingerprint density at radius 1 is 0.741 bits per heavy atom. The van der Waals surface area contributed by atoms with E-state index >= 15 is 0 Å². The van der Waals surface area contributed by atoms with Gasteiger partial charge < -0.3 is 30.2 Å². The topological polar surface area (TPSA) is 227 Å². The molecule has 0 spiro atoms. The second-order valence-electron chi connectivity index (χ2n) is 10.3. The molecule has 25 heteroatoms. The highest BCUT2D eigenvalue weighted by molar-refractivity contribution is 7.91. The molecule has 1 aliphatic rings. The fraction of sp³-hybridized carbons (Fsp3) is 0.310. The van der Waals surface area contributed by atoms with Crippen LogP contribution in [0.15, 0.2) is 66.1 Å². The van der Waals surface area contributed by atoms with Crippen LogP contribution >= 0.6 is 0 Å². The van der Waals surface area contributed by atoms with E-state index in [1.54, 1.807) is 30.7 Å². The molecule has 2 aromatic heterocycles. The molecule has 5 rings (SSSR count). The van der Waals surface area contributed by atoms with Crippen LogP contribution < -0.4 is 9.80 Å². The van der Waals surface area contributed by atoms with E-state index in [4.69, 9.17) is 34.8 Å². The summed E-state index contributed by atoms with van der Waals surface area (Å²) in [4.78, 5) is 40.4. The van der Waals surface area contributed by atoms with E-state index < -0.39 is 46.3 Å². The second kappa shape index (κ2) is 18.4. The number of nitrogens with one attached hydrogen (secondary N) is 1. The Balaban J connectivity index is 0.000000393. The van der Waals surface area contributed by atoms with Gasteiger partial charge in [0.15, 0.2) is 9.84 Å². The number of piperazine rings is 1. The van der Waals surface area contributed by atoms with Crippen molar-refractivity contribution in [2.45, 2.75) is 23.4 Å². The number of alkyl halides is 9. The maximum atomic E-state index is 12.3. The first-order valence-electron chi connectivity index (χ1n) is 14.5. The predicted molar refractivity (Wildman–Crippen MR) is 168 cm³/mol. The molecule has 0 atom stereocenters. The van der Waals surface area contributed by atoms with Crippen molar-refractivity contribution in [1.82, 2.24) is 20.2 Å². The first-order chi connectivity index (χ1) is 24.9. The van der Waals surface area contributed by atoms with Crippen LogP contribution in [0.5, 0.6) is 0 Å². The van der Waals surface area contributed by atoms with Crippen molar-refractivity contribution in [1.29, 1.82) is 0 Å². The summed E-state index contributed by atoms with van der Waals surface area (Å²) < 4.78 is 120. The fourth-order valence-electron chi connectivity index (χ4n) is 4.17. The van der Waals surface area contributed by atoms with Crippen LogP contribution in [0, 0.1) is 0 Å². The number of fused-ring (bicyclic) bond motifs is 1. The number of halogens is 9. The quantitative estimate of drug-likeness (QED) is 0.174. The lowest BCUT2D eigenvalue weighted by Crippen LogP contribution is -2.47. The lowest BCUT2D eigenvalue weighted by atomic mass is 10.1. The summed E-state index contributed by atoms with van der Waals surface area (Å²) in [7, 11) is -3.48. The van der Waals surface area contributed by atoms with Crippen molar-refractivity contribution in [3.63, 3.8) is 0 Å². The average molecular weight is 807 g/mol. The van der Waals surface area contributed by atoms with Crippen LogP contribution in [0.2, 0.25) is 0 Å². The van der Waals surface area contributed by atoms with Gasteiger partial charge in [0.1, 0.15) is 12.1 Å². The van der Waals surface area contributed by atoms with Gasteiger partial charge in [0.25, 0.3) is 0 Å². The van der Waals surface area contributed by atoms with Crippen molar-refractivity contribution in [3.8, 4) is 11.1 Å². The Morgan fingerprint density at radius 2 is 1.26 bits per heavy atom. The van der Waals surface area contributed by atoms with Crippen LogP contribution in [-0.4, -0.2) is 124 Å². The van der Waals surface area contributed by atoms with Crippen LogP contribution in [0.4, 0.5) is 51.0 Å². The number of aliphatic hydroxyl groups is 1. The molecule has 0 saturated carbocycles. The Kier molecular flexibility index (Phi) is 15.1. The van der Waals surface area contributed by atoms with E-state index in [-0.39, 0.29) is 17.3 Å². The lowest BCUT2D eigenvalue weighted by Gasteiger charge is -2.37. The normalized spacial score (nSPS) is 13.4. The molecule has 54 heavy (non-hydrogen) atoms. The zero-order valence-electron chi connectivity index (χ0n) is 26.9. The number of sulfone groups is 1. The van der Waals surface area contributed by atoms with Crippen molar-refractivity contribution in [2.24, 2.45) is 0 Å². The molecular formula is C29H27F9N6O9S. The molecule has 0 amide bonds. The highest BCUT2D eigenvalue weighted by Crippen LogP contribution is 2.30. The van der Waals surface area contributed by atoms with Gasteiger partial charge in [-0.15, -0.1) is 0 Å². The van der Waals surface area contributed by atoms with Gasteiger partial charge in [0, 0.05) is 49.0 Å². The number of aliphatic carboxylic acids is 3. The van der Waals surface area contributed by atoms with Crippen molar-refractivity contribution >= 4 is 50.2 Å². The fourth-order valence-corrected chi connectivity index (χ4v) is 5.23. The number of hydrogen-bond acceptors (Lipinski definition) is 11. The minimum atomic E-state index is -5.08. The number of carboxylic acids is 3. The van der Waals surface area contributed by atoms with Crippen molar-refractivity contribution < 1.29 is 82.7 Å². The molecule has 1 aliphatic heterocycles. The molecule has 5 N–H and O–H groups in total. The van der Waals surface area contributed by atoms with E-state index in [1.807, 2.05) is 24.4 Å². The summed E-state index contributed by atoms with van der Waals surface area (Å²) in [6.45, 7) is 2.57. The molecule has 296 valence electrons. The molecule has 15 nitrogen and oxygen atoms in total. The summed E-state index contributed by atoms with van der Waals surface area (Å²) in [6, 6.07) is 13.1. The smallest absolute Gasteiger partial charge is 0.475 e. The van der Waals surface area contributed by atoms with Gasteiger partial charge in [-0.3, -0.25) is 5.10 Å². The number of aromatic amines is 1. The van der Waals surface area contributed by atoms with Crippen LogP contribution in [0.25, 0.3) is 22.0 Å². The molecule has 0 bridgehead atoms. The monoisotopic (exact) mass is 806 g/mol. The third kappa shape index (κ3) is 13.4. The van der Waals surface area contributed by atoms with Gasteiger partial charge in [-0.25, -0.2) is 32.8 Å². The first-order valence-corrected chi connectivity index (χ1v) is 16.1. The number of hydrogen-bond donors (Lipinski definition) is 5. The van der Waals surface area contributed by atoms with Crippen LogP contribution in [0.1, 0.15) is 0 Å². The second-order valence-corrected chi connectivity index (χ2v) is 12.4. The third-order valence-electron chi connectivity index (χ3n) is 6.65. The van der Waals surface area contributed by atoms with E-state index in [0.717, 1.165) is 59.7 Å². The van der Waals surface area contributed by atoms with Crippen LogP contribution in [0.3, 0.4) is 0 Å². The summed E-state index contributed by atoms with van der Waals surface area (Å²) >= 11 is 0. The molecule has 0 radical (unpaired) electrons.